The zero-order chi connectivity index (χ0) is 21.2. The standard InChI is InChI=1S/C21H20F4N2O2/c1-27-10-8-13(9-11-27)20(29)17-7-2-4-14(26-17)12-18(28)19-15(21(23,24)25)5-3-6-16(19)22/h2-7,13H,8-12H2,1H3. The minimum Gasteiger partial charge on any atom is -0.306 e. The maximum atomic E-state index is 14.0. The fourth-order valence-electron chi connectivity index (χ4n) is 3.49. The molecule has 2 heterocycles. The van der Waals surface area contributed by atoms with Crippen LogP contribution in [0.15, 0.2) is 36.4 Å². The Kier molecular flexibility index (Phi) is 6.12. The number of carbonyl (C=O) groups is 2. The van der Waals surface area contributed by atoms with E-state index in [0.717, 1.165) is 25.2 Å². The van der Waals surface area contributed by atoms with Crippen LogP contribution in [-0.2, 0) is 12.6 Å². The van der Waals surface area contributed by atoms with Crippen LogP contribution in [0.2, 0.25) is 0 Å². The third kappa shape index (κ3) is 4.87. The van der Waals surface area contributed by atoms with Crippen molar-refractivity contribution in [3.05, 3.63) is 64.7 Å². The molecule has 0 aliphatic carbocycles. The predicted octanol–water partition coefficient (Wildman–Crippen LogP) is 4.19. The van der Waals surface area contributed by atoms with Gasteiger partial charge < -0.3 is 4.90 Å². The van der Waals surface area contributed by atoms with Crippen LogP contribution in [0.3, 0.4) is 0 Å². The van der Waals surface area contributed by atoms with Gasteiger partial charge in [-0.05, 0) is 57.2 Å². The van der Waals surface area contributed by atoms with Gasteiger partial charge in [0.15, 0.2) is 11.6 Å². The molecule has 0 amide bonds. The predicted molar refractivity (Wildman–Crippen MR) is 98.2 cm³/mol. The summed E-state index contributed by atoms with van der Waals surface area (Å²) in [6.07, 6.45) is -3.99. The summed E-state index contributed by atoms with van der Waals surface area (Å²) < 4.78 is 53.5. The second kappa shape index (κ2) is 8.41. The highest BCUT2D eigenvalue weighted by atomic mass is 19.4. The number of pyridine rings is 1. The summed E-state index contributed by atoms with van der Waals surface area (Å²) in [5, 5.41) is 0. The van der Waals surface area contributed by atoms with Crippen molar-refractivity contribution in [1.29, 1.82) is 0 Å². The number of benzene rings is 1. The first kappa shape index (κ1) is 21.1. The van der Waals surface area contributed by atoms with E-state index in [2.05, 4.69) is 9.88 Å². The summed E-state index contributed by atoms with van der Waals surface area (Å²) in [5.74, 6) is -2.59. The number of piperidine rings is 1. The molecule has 4 nitrogen and oxygen atoms in total. The number of nitrogens with zero attached hydrogens (tertiary/aromatic N) is 2. The van der Waals surface area contributed by atoms with Crippen molar-refractivity contribution >= 4 is 11.6 Å². The van der Waals surface area contributed by atoms with Crippen molar-refractivity contribution in [2.75, 3.05) is 20.1 Å². The minimum absolute atomic E-state index is 0.130. The number of likely N-dealkylation sites (tertiary alicyclic amines) is 1. The molecule has 0 radical (unpaired) electrons. The van der Waals surface area contributed by atoms with Gasteiger partial charge in [-0.2, -0.15) is 13.2 Å². The molecule has 3 rings (SSSR count). The average Bonchev–Trinajstić information content (AvgIpc) is 2.67. The van der Waals surface area contributed by atoms with Crippen LogP contribution in [0.4, 0.5) is 17.6 Å². The first-order valence-corrected chi connectivity index (χ1v) is 9.24. The Bertz CT molecular complexity index is 919. The van der Waals surface area contributed by atoms with Crippen LogP contribution in [0.5, 0.6) is 0 Å². The summed E-state index contributed by atoms with van der Waals surface area (Å²) in [7, 11) is 1.98. The van der Waals surface area contributed by atoms with E-state index in [1.54, 1.807) is 0 Å². The van der Waals surface area contributed by atoms with Crippen LogP contribution < -0.4 is 0 Å². The van der Waals surface area contributed by atoms with E-state index in [0.29, 0.717) is 18.9 Å². The first-order chi connectivity index (χ1) is 13.7. The highest BCUT2D eigenvalue weighted by molar-refractivity contribution is 5.99. The third-order valence-corrected chi connectivity index (χ3v) is 5.09. The molecule has 0 unspecified atom stereocenters. The molecule has 2 aromatic rings. The Labute approximate surface area is 165 Å². The van der Waals surface area contributed by atoms with Crippen LogP contribution in [0.1, 0.15) is 44.9 Å². The third-order valence-electron chi connectivity index (χ3n) is 5.09. The molecule has 0 saturated carbocycles. The van der Waals surface area contributed by atoms with Gasteiger partial charge in [-0.15, -0.1) is 0 Å². The Morgan fingerprint density at radius 3 is 2.41 bits per heavy atom. The number of hydrogen-bond acceptors (Lipinski definition) is 4. The highest BCUT2D eigenvalue weighted by Crippen LogP contribution is 2.33. The highest BCUT2D eigenvalue weighted by Gasteiger charge is 2.36. The largest absolute Gasteiger partial charge is 0.417 e. The van der Waals surface area contributed by atoms with Crippen LogP contribution in [0, 0.1) is 11.7 Å². The lowest BCUT2D eigenvalue weighted by molar-refractivity contribution is -0.138. The summed E-state index contributed by atoms with van der Waals surface area (Å²) in [4.78, 5) is 31.4. The zero-order valence-corrected chi connectivity index (χ0v) is 15.8. The summed E-state index contributed by atoms with van der Waals surface area (Å²) in [6.45, 7) is 1.59. The number of aromatic nitrogens is 1. The average molecular weight is 408 g/mol. The monoisotopic (exact) mass is 408 g/mol. The van der Waals surface area contributed by atoms with Crippen molar-refractivity contribution in [3.8, 4) is 0 Å². The number of rotatable bonds is 5. The van der Waals surface area contributed by atoms with Gasteiger partial charge in [0.25, 0.3) is 0 Å². The van der Waals surface area contributed by atoms with Gasteiger partial charge in [0.2, 0.25) is 0 Å². The molecule has 0 atom stereocenters. The van der Waals surface area contributed by atoms with Crippen molar-refractivity contribution in [2.45, 2.75) is 25.4 Å². The molecule has 0 bridgehead atoms. The smallest absolute Gasteiger partial charge is 0.306 e. The number of halogens is 4. The van der Waals surface area contributed by atoms with Crippen LogP contribution in [0.25, 0.3) is 0 Å². The van der Waals surface area contributed by atoms with E-state index >= 15 is 0 Å². The number of ketones is 2. The van der Waals surface area contributed by atoms with Crippen molar-refractivity contribution in [2.24, 2.45) is 5.92 Å². The van der Waals surface area contributed by atoms with Crippen molar-refractivity contribution in [1.82, 2.24) is 9.88 Å². The van der Waals surface area contributed by atoms with Gasteiger partial charge in [-0.1, -0.05) is 12.1 Å². The molecule has 0 N–H and O–H groups in total. The number of Topliss-reactive ketones (excluding diaryl/α,β-unsaturated/α-hetero) is 2. The van der Waals surface area contributed by atoms with E-state index in [9.17, 15) is 27.2 Å². The lowest BCUT2D eigenvalue weighted by Gasteiger charge is -2.27. The lowest BCUT2D eigenvalue weighted by Crippen LogP contribution is -2.33. The minimum atomic E-state index is -4.85. The number of carbonyl (C=O) groups excluding carboxylic acids is 2. The lowest BCUT2D eigenvalue weighted by atomic mass is 9.91. The molecule has 8 heteroatoms. The van der Waals surface area contributed by atoms with Gasteiger partial charge in [-0.25, -0.2) is 9.37 Å². The van der Waals surface area contributed by atoms with E-state index in [1.165, 1.54) is 18.2 Å². The molecule has 1 aliphatic heterocycles. The van der Waals surface area contributed by atoms with E-state index in [1.807, 2.05) is 7.05 Å². The molecule has 1 aromatic heterocycles. The Morgan fingerprint density at radius 2 is 1.76 bits per heavy atom. The van der Waals surface area contributed by atoms with Gasteiger partial charge in [0.1, 0.15) is 11.5 Å². The van der Waals surface area contributed by atoms with Gasteiger partial charge in [0, 0.05) is 11.6 Å². The summed E-state index contributed by atoms with van der Waals surface area (Å²) in [5.41, 5.74) is -2.02. The van der Waals surface area contributed by atoms with Crippen LogP contribution >= 0.6 is 0 Å². The molecule has 29 heavy (non-hydrogen) atoms. The van der Waals surface area contributed by atoms with Gasteiger partial charge in [-0.3, -0.25) is 9.59 Å². The molecule has 0 spiro atoms. The zero-order valence-electron chi connectivity index (χ0n) is 15.8. The molecule has 1 fully saturated rings. The van der Waals surface area contributed by atoms with Crippen molar-refractivity contribution in [3.63, 3.8) is 0 Å². The fourth-order valence-corrected chi connectivity index (χ4v) is 3.49. The Balaban J connectivity index is 1.81. The fraction of sp³-hybridized carbons (Fsp3) is 0.381. The maximum Gasteiger partial charge on any atom is 0.417 e. The second-order valence-electron chi connectivity index (χ2n) is 7.22. The Morgan fingerprint density at radius 1 is 1.10 bits per heavy atom. The number of hydrogen-bond donors (Lipinski definition) is 0. The van der Waals surface area contributed by atoms with E-state index < -0.39 is 35.3 Å². The molecule has 154 valence electrons. The SMILES string of the molecule is CN1CCC(C(=O)c2cccc(CC(=O)c3c(F)cccc3C(F)(F)F)n2)CC1. The maximum absolute atomic E-state index is 14.0. The van der Waals surface area contributed by atoms with Gasteiger partial charge in [0.05, 0.1) is 17.5 Å². The Hall–Kier alpha value is -2.61. The topological polar surface area (TPSA) is 50.3 Å². The van der Waals surface area contributed by atoms with E-state index in [4.69, 9.17) is 0 Å². The quantitative estimate of drug-likeness (QED) is 0.550. The van der Waals surface area contributed by atoms with Crippen LogP contribution in [-0.4, -0.2) is 41.6 Å². The molecular weight excluding hydrogens is 388 g/mol. The molecule has 1 aliphatic rings. The number of alkyl halides is 3. The second-order valence-corrected chi connectivity index (χ2v) is 7.22. The molecular formula is C21H20F4N2O2. The van der Waals surface area contributed by atoms with E-state index in [-0.39, 0.29) is 23.1 Å². The normalized spacial score (nSPS) is 16.0. The first-order valence-electron chi connectivity index (χ1n) is 9.24. The molecule has 1 saturated heterocycles. The van der Waals surface area contributed by atoms with Gasteiger partial charge >= 0.3 is 6.18 Å². The molecule has 1 aromatic carbocycles. The summed E-state index contributed by atoms with van der Waals surface area (Å²) in [6, 6.07) is 6.90. The summed E-state index contributed by atoms with van der Waals surface area (Å²) >= 11 is 0. The van der Waals surface area contributed by atoms with Crippen molar-refractivity contribution < 1.29 is 27.2 Å².